The highest BCUT2D eigenvalue weighted by atomic mass is 16.5. The summed E-state index contributed by atoms with van der Waals surface area (Å²) in [7, 11) is 1.31. The number of ether oxygens (including phenoxy) is 1. The third-order valence-electron chi connectivity index (χ3n) is 5.02. The molecule has 0 aliphatic carbocycles. The number of aromatic nitrogens is 2. The van der Waals surface area contributed by atoms with Gasteiger partial charge in [-0.3, -0.25) is 4.79 Å². The molecule has 154 valence electrons. The lowest BCUT2D eigenvalue weighted by atomic mass is 10.0. The number of carbonyl (C=O) groups excluding carboxylic acids is 2. The van der Waals surface area contributed by atoms with Crippen LogP contribution in [0.3, 0.4) is 0 Å². The molecule has 1 heterocycles. The van der Waals surface area contributed by atoms with Crippen molar-refractivity contribution in [3.63, 3.8) is 0 Å². The van der Waals surface area contributed by atoms with Gasteiger partial charge in [-0.05, 0) is 53.1 Å². The molecule has 0 aliphatic rings. The molecule has 0 aliphatic heterocycles. The third-order valence-corrected chi connectivity index (χ3v) is 5.02. The van der Waals surface area contributed by atoms with Crippen LogP contribution in [0.5, 0.6) is 0 Å². The van der Waals surface area contributed by atoms with Crippen molar-refractivity contribution in [2.75, 3.05) is 12.4 Å². The number of amides is 1. The predicted octanol–water partition coefficient (Wildman–Crippen LogP) is 4.85. The zero-order valence-corrected chi connectivity index (χ0v) is 17.2. The summed E-state index contributed by atoms with van der Waals surface area (Å²) in [6.45, 7) is 1.88. The molecule has 0 spiro atoms. The van der Waals surface area contributed by atoms with Crippen molar-refractivity contribution in [3.8, 4) is 5.69 Å². The Morgan fingerprint density at radius 2 is 1.84 bits per heavy atom. The Morgan fingerprint density at radius 3 is 2.58 bits per heavy atom. The molecule has 6 nitrogen and oxygen atoms in total. The second kappa shape index (κ2) is 8.67. The van der Waals surface area contributed by atoms with E-state index in [1.807, 2.05) is 49.4 Å². The number of imidazole rings is 1. The maximum Gasteiger partial charge on any atom is 0.340 e. The highest BCUT2D eigenvalue weighted by molar-refractivity contribution is 6.08. The number of allylic oxidation sites excluding steroid dienone is 1. The minimum absolute atomic E-state index is 0.263. The van der Waals surface area contributed by atoms with Gasteiger partial charge in [-0.25, -0.2) is 9.78 Å². The summed E-state index contributed by atoms with van der Waals surface area (Å²) >= 11 is 0. The van der Waals surface area contributed by atoms with Crippen LogP contribution in [0, 0.1) is 0 Å². The molecule has 0 bridgehead atoms. The summed E-state index contributed by atoms with van der Waals surface area (Å²) in [6, 6.07) is 19.3. The van der Waals surface area contributed by atoms with Crippen molar-refractivity contribution < 1.29 is 14.3 Å². The molecular weight excluding hydrogens is 390 g/mol. The standard InChI is InChI=1S/C25H21N3O3/c1-17(19-8-7-18-5-3-4-6-20(18)14-19)13-24(29)27-23-10-9-21(28-12-11-26-16-28)15-22(23)25(30)31-2/h3-16H,1-2H3,(H,27,29)/b17-13-. The Kier molecular flexibility index (Phi) is 5.62. The number of nitrogens with zero attached hydrogens (tertiary/aromatic N) is 2. The molecule has 0 atom stereocenters. The molecule has 4 rings (SSSR count). The molecular formula is C25H21N3O3. The zero-order valence-electron chi connectivity index (χ0n) is 17.2. The van der Waals surface area contributed by atoms with E-state index < -0.39 is 5.97 Å². The maximum atomic E-state index is 12.7. The fourth-order valence-corrected chi connectivity index (χ4v) is 3.38. The molecule has 1 aromatic heterocycles. The number of esters is 1. The number of fused-ring (bicyclic) bond motifs is 1. The van der Waals surface area contributed by atoms with Gasteiger partial charge in [-0.1, -0.05) is 36.4 Å². The van der Waals surface area contributed by atoms with Crippen LogP contribution >= 0.6 is 0 Å². The summed E-state index contributed by atoms with van der Waals surface area (Å²) in [6.07, 6.45) is 6.57. The van der Waals surface area contributed by atoms with Gasteiger partial charge in [0.2, 0.25) is 5.91 Å². The predicted molar refractivity (Wildman–Crippen MR) is 121 cm³/mol. The number of hydrogen-bond acceptors (Lipinski definition) is 4. The molecule has 0 saturated carbocycles. The van der Waals surface area contributed by atoms with Crippen molar-refractivity contribution in [1.29, 1.82) is 0 Å². The van der Waals surface area contributed by atoms with Crippen LogP contribution in [-0.4, -0.2) is 28.5 Å². The van der Waals surface area contributed by atoms with Crippen LogP contribution in [0.1, 0.15) is 22.8 Å². The van der Waals surface area contributed by atoms with Crippen LogP contribution < -0.4 is 5.32 Å². The number of nitrogens with one attached hydrogen (secondary N) is 1. The van der Waals surface area contributed by atoms with Gasteiger partial charge in [0.15, 0.2) is 0 Å². The van der Waals surface area contributed by atoms with Gasteiger partial charge in [-0.2, -0.15) is 0 Å². The SMILES string of the molecule is COC(=O)c1cc(-n2ccnc2)ccc1NC(=O)/C=C(/C)c1ccc2ccccc2c1. The lowest BCUT2D eigenvalue weighted by Crippen LogP contribution is -2.14. The van der Waals surface area contributed by atoms with Crippen molar-refractivity contribution in [3.05, 3.63) is 96.6 Å². The fourth-order valence-electron chi connectivity index (χ4n) is 3.38. The Balaban J connectivity index is 1.60. The van der Waals surface area contributed by atoms with Gasteiger partial charge in [0.25, 0.3) is 0 Å². The minimum Gasteiger partial charge on any atom is -0.465 e. The topological polar surface area (TPSA) is 73.2 Å². The lowest BCUT2D eigenvalue weighted by molar-refractivity contribution is -0.111. The molecule has 1 N–H and O–H groups in total. The van der Waals surface area contributed by atoms with Gasteiger partial charge < -0.3 is 14.6 Å². The molecule has 0 radical (unpaired) electrons. The Hall–Kier alpha value is -4.19. The Morgan fingerprint density at radius 1 is 1.03 bits per heavy atom. The van der Waals surface area contributed by atoms with Crippen molar-refractivity contribution >= 4 is 33.9 Å². The van der Waals surface area contributed by atoms with E-state index in [-0.39, 0.29) is 11.5 Å². The van der Waals surface area contributed by atoms with Crippen molar-refractivity contribution in [2.45, 2.75) is 6.92 Å². The van der Waals surface area contributed by atoms with E-state index in [9.17, 15) is 9.59 Å². The van der Waals surface area contributed by atoms with E-state index in [0.29, 0.717) is 5.69 Å². The van der Waals surface area contributed by atoms with Crippen LogP contribution in [-0.2, 0) is 9.53 Å². The lowest BCUT2D eigenvalue weighted by Gasteiger charge is -2.12. The largest absolute Gasteiger partial charge is 0.465 e. The second-order valence-corrected chi connectivity index (χ2v) is 7.07. The van der Waals surface area contributed by atoms with Gasteiger partial charge in [0.05, 0.1) is 24.7 Å². The monoisotopic (exact) mass is 411 g/mol. The quantitative estimate of drug-likeness (QED) is 0.376. The van der Waals surface area contributed by atoms with Crippen molar-refractivity contribution in [2.24, 2.45) is 0 Å². The number of rotatable bonds is 5. The molecule has 31 heavy (non-hydrogen) atoms. The van der Waals surface area contributed by atoms with Gasteiger partial charge in [-0.15, -0.1) is 0 Å². The molecule has 3 aromatic carbocycles. The minimum atomic E-state index is -0.535. The van der Waals surface area contributed by atoms with Crippen LogP contribution in [0.25, 0.3) is 22.0 Å². The van der Waals surface area contributed by atoms with E-state index in [0.717, 1.165) is 27.6 Å². The summed E-state index contributed by atoms with van der Waals surface area (Å²) in [5.41, 5.74) is 3.15. The zero-order chi connectivity index (χ0) is 21.8. The molecule has 0 fully saturated rings. The summed E-state index contributed by atoms with van der Waals surface area (Å²) in [5.74, 6) is -0.862. The second-order valence-electron chi connectivity index (χ2n) is 7.07. The molecule has 0 saturated heterocycles. The van der Waals surface area contributed by atoms with Gasteiger partial charge >= 0.3 is 5.97 Å². The number of anilines is 1. The van der Waals surface area contributed by atoms with Crippen LogP contribution in [0.15, 0.2) is 85.5 Å². The summed E-state index contributed by atoms with van der Waals surface area (Å²) in [5, 5.41) is 5.05. The fraction of sp³-hybridized carbons (Fsp3) is 0.0800. The van der Waals surface area contributed by atoms with Gasteiger partial charge in [0, 0.05) is 24.2 Å². The van der Waals surface area contributed by atoms with E-state index in [2.05, 4.69) is 10.3 Å². The van der Waals surface area contributed by atoms with Crippen LogP contribution in [0.4, 0.5) is 5.69 Å². The Bertz CT molecular complexity index is 1290. The first-order valence-corrected chi connectivity index (χ1v) is 9.74. The first-order valence-electron chi connectivity index (χ1n) is 9.74. The number of carbonyl (C=O) groups is 2. The number of benzene rings is 3. The van der Waals surface area contributed by atoms with Crippen LogP contribution in [0.2, 0.25) is 0 Å². The average Bonchev–Trinajstić information content (AvgIpc) is 3.33. The molecule has 0 unspecified atom stereocenters. The average molecular weight is 411 g/mol. The number of methoxy groups -OCH3 is 1. The first kappa shape index (κ1) is 20.1. The highest BCUT2D eigenvalue weighted by Crippen LogP contribution is 2.23. The van der Waals surface area contributed by atoms with E-state index in [1.165, 1.54) is 13.2 Å². The van der Waals surface area contributed by atoms with Crippen molar-refractivity contribution in [1.82, 2.24) is 9.55 Å². The van der Waals surface area contributed by atoms with E-state index >= 15 is 0 Å². The smallest absolute Gasteiger partial charge is 0.340 e. The maximum absolute atomic E-state index is 12.7. The van der Waals surface area contributed by atoms with E-state index in [1.54, 1.807) is 41.5 Å². The molecule has 4 aromatic rings. The normalized spacial score (nSPS) is 11.4. The molecule has 6 heteroatoms. The van der Waals surface area contributed by atoms with E-state index in [4.69, 9.17) is 4.74 Å². The summed E-state index contributed by atoms with van der Waals surface area (Å²) in [4.78, 5) is 29.0. The molecule has 1 amide bonds. The number of hydrogen-bond donors (Lipinski definition) is 1. The highest BCUT2D eigenvalue weighted by Gasteiger charge is 2.15. The Labute approximate surface area is 179 Å². The van der Waals surface area contributed by atoms with Gasteiger partial charge in [0.1, 0.15) is 0 Å². The third kappa shape index (κ3) is 4.38. The first-order chi connectivity index (χ1) is 15.0. The summed E-state index contributed by atoms with van der Waals surface area (Å²) < 4.78 is 6.66.